The Morgan fingerprint density at radius 3 is 2.73 bits per heavy atom. The number of hydrogen-bond acceptors (Lipinski definition) is 6. The van der Waals surface area contributed by atoms with Crippen LogP contribution in [0.3, 0.4) is 0 Å². The van der Waals surface area contributed by atoms with E-state index in [0.717, 1.165) is 11.6 Å². The van der Waals surface area contributed by atoms with E-state index in [0.29, 0.717) is 17.9 Å². The Morgan fingerprint density at radius 1 is 1.18 bits per heavy atom. The Bertz CT molecular complexity index is 1330. The van der Waals surface area contributed by atoms with Gasteiger partial charge in [-0.25, -0.2) is 14.4 Å². The predicted molar refractivity (Wildman–Crippen MR) is 115 cm³/mol. The highest BCUT2D eigenvalue weighted by Crippen LogP contribution is 2.26. The molecule has 170 valence electrons. The van der Waals surface area contributed by atoms with E-state index in [1.54, 1.807) is 36.8 Å². The highest BCUT2D eigenvalue weighted by atomic mass is 19.1. The molecule has 1 N–H and O–H groups in total. The number of aryl methyl sites for hydroxylation is 1. The molecule has 0 aliphatic rings. The third-order valence-corrected chi connectivity index (χ3v) is 4.65. The zero-order valence-electron chi connectivity index (χ0n) is 17.8. The zero-order chi connectivity index (χ0) is 23.5. The number of aromatic nitrogens is 3. The van der Waals surface area contributed by atoms with Gasteiger partial charge in [-0.2, -0.15) is 4.39 Å². The van der Waals surface area contributed by atoms with Gasteiger partial charge in [-0.15, -0.1) is 0 Å². The number of fused-ring (bicyclic) bond motifs is 1. The first-order chi connectivity index (χ1) is 15.8. The number of carbonyl (C=O) groups excluding carboxylic acids is 2. The quantitative estimate of drug-likeness (QED) is 0.416. The molecule has 3 aromatic heterocycles. The Hall–Kier alpha value is -4.08. The molecule has 0 atom stereocenters. The Kier molecular flexibility index (Phi) is 6.16. The van der Waals surface area contributed by atoms with Gasteiger partial charge in [0.05, 0.1) is 11.8 Å². The third-order valence-electron chi connectivity index (χ3n) is 4.65. The van der Waals surface area contributed by atoms with Crippen molar-refractivity contribution in [2.45, 2.75) is 32.8 Å². The molecule has 10 heteroatoms. The molecular formula is C23H20F2N4O4. The van der Waals surface area contributed by atoms with Crippen molar-refractivity contribution in [2.24, 2.45) is 0 Å². The van der Waals surface area contributed by atoms with E-state index in [1.807, 2.05) is 0 Å². The van der Waals surface area contributed by atoms with Crippen LogP contribution in [-0.4, -0.2) is 32.3 Å². The van der Waals surface area contributed by atoms with Crippen LogP contribution in [0.25, 0.3) is 17.0 Å². The van der Waals surface area contributed by atoms with E-state index in [4.69, 9.17) is 4.74 Å². The number of imidazole rings is 1. The summed E-state index contributed by atoms with van der Waals surface area (Å²) in [5.74, 6) is -1.38. The van der Waals surface area contributed by atoms with Gasteiger partial charge in [0.2, 0.25) is 5.78 Å². The first kappa shape index (κ1) is 22.1. The van der Waals surface area contributed by atoms with Crippen molar-refractivity contribution in [3.05, 3.63) is 72.1 Å². The molecule has 1 aromatic carbocycles. The molecule has 4 rings (SSSR count). The summed E-state index contributed by atoms with van der Waals surface area (Å²) in [5, 5.41) is 2.53. The summed E-state index contributed by atoms with van der Waals surface area (Å²) in [5.41, 5.74) is 1.52. The van der Waals surface area contributed by atoms with Crippen molar-refractivity contribution in [3.63, 3.8) is 0 Å². The molecule has 0 aliphatic carbocycles. The van der Waals surface area contributed by atoms with E-state index in [1.165, 1.54) is 24.3 Å². The van der Waals surface area contributed by atoms with Crippen molar-refractivity contribution in [3.8, 4) is 11.3 Å². The fourth-order valence-electron chi connectivity index (χ4n) is 3.18. The third kappa shape index (κ3) is 5.22. The fourth-order valence-corrected chi connectivity index (χ4v) is 3.18. The Morgan fingerprint density at radius 2 is 2.00 bits per heavy atom. The van der Waals surface area contributed by atoms with Gasteiger partial charge < -0.3 is 14.5 Å². The summed E-state index contributed by atoms with van der Waals surface area (Å²) in [6, 6.07) is 5.32. The van der Waals surface area contributed by atoms with Crippen LogP contribution in [0.1, 0.15) is 36.4 Å². The van der Waals surface area contributed by atoms with Gasteiger partial charge in [0.25, 0.3) is 11.9 Å². The number of carbonyl (C=O) groups is 2. The number of rotatable bonds is 7. The molecule has 0 saturated carbocycles. The molecule has 0 unspecified atom stereocenters. The minimum Gasteiger partial charge on any atom is -0.463 e. The highest BCUT2D eigenvalue weighted by molar-refractivity contribution is 6.02. The van der Waals surface area contributed by atoms with E-state index >= 15 is 0 Å². The standard InChI is InChI=1S/C23H20F2N4O4/c1-13(2)32-21(30)8-3-14-10-26-23-28-18(12-29(23)11-14)16-9-15(4-5-17(16)24)27-22(31)19-6-7-20(25)33-19/h4-7,9-13H,3,8H2,1-2H3,(H,27,31). The van der Waals surface area contributed by atoms with Crippen LogP contribution in [0, 0.1) is 11.8 Å². The number of halogens is 2. The maximum Gasteiger partial charge on any atom is 0.306 e. The molecule has 3 heterocycles. The minimum absolute atomic E-state index is 0.144. The molecule has 4 aromatic rings. The summed E-state index contributed by atoms with van der Waals surface area (Å²) < 4.78 is 39.0. The Balaban J connectivity index is 1.53. The molecule has 0 spiro atoms. The van der Waals surface area contributed by atoms with Crippen LogP contribution in [0.15, 0.2) is 53.3 Å². The lowest BCUT2D eigenvalue weighted by Gasteiger charge is -2.07. The highest BCUT2D eigenvalue weighted by Gasteiger charge is 2.15. The average molecular weight is 454 g/mol. The van der Waals surface area contributed by atoms with Crippen molar-refractivity contribution in [1.82, 2.24) is 14.4 Å². The molecule has 8 nitrogen and oxygen atoms in total. The SMILES string of the molecule is CC(C)OC(=O)CCc1cnc2nc(-c3cc(NC(=O)c4ccc(F)o4)ccc3F)cn2c1. The monoisotopic (exact) mass is 454 g/mol. The zero-order valence-corrected chi connectivity index (χ0v) is 17.8. The van der Waals surface area contributed by atoms with Crippen molar-refractivity contribution >= 4 is 23.3 Å². The normalized spacial score (nSPS) is 11.2. The first-order valence-electron chi connectivity index (χ1n) is 10.2. The van der Waals surface area contributed by atoms with Crippen molar-refractivity contribution in [2.75, 3.05) is 5.32 Å². The molecular weight excluding hydrogens is 434 g/mol. The van der Waals surface area contributed by atoms with E-state index in [2.05, 4.69) is 19.7 Å². The molecule has 0 aliphatic heterocycles. The van der Waals surface area contributed by atoms with Crippen LogP contribution in [0.2, 0.25) is 0 Å². The fraction of sp³-hybridized carbons (Fsp3) is 0.217. The van der Waals surface area contributed by atoms with Gasteiger partial charge in [-0.3, -0.25) is 14.0 Å². The summed E-state index contributed by atoms with van der Waals surface area (Å²) >= 11 is 0. The first-order valence-corrected chi connectivity index (χ1v) is 10.2. The van der Waals surface area contributed by atoms with E-state index in [9.17, 15) is 18.4 Å². The molecule has 0 bridgehead atoms. The Labute approximate surface area is 187 Å². The van der Waals surface area contributed by atoms with Crippen LogP contribution in [-0.2, 0) is 16.0 Å². The number of benzene rings is 1. The number of amides is 1. The topological polar surface area (TPSA) is 98.7 Å². The van der Waals surface area contributed by atoms with Gasteiger partial charge in [0.1, 0.15) is 5.82 Å². The van der Waals surface area contributed by atoms with Gasteiger partial charge in [-0.1, -0.05) is 0 Å². The number of esters is 1. The number of nitrogens with one attached hydrogen (secondary N) is 1. The lowest BCUT2D eigenvalue weighted by Crippen LogP contribution is -2.12. The molecule has 0 saturated heterocycles. The summed E-state index contributed by atoms with van der Waals surface area (Å²) in [6.45, 7) is 3.57. The van der Waals surface area contributed by atoms with Crippen molar-refractivity contribution in [1.29, 1.82) is 0 Å². The lowest BCUT2D eigenvalue weighted by atomic mass is 10.1. The second kappa shape index (κ2) is 9.19. The minimum atomic E-state index is -0.881. The van der Waals surface area contributed by atoms with Gasteiger partial charge in [-0.05, 0) is 50.1 Å². The number of furan rings is 1. The van der Waals surface area contributed by atoms with Gasteiger partial charge >= 0.3 is 5.97 Å². The van der Waals surface area contributed by atoms with Crippen LogP contribution >= 0.6 is 0 Å². The second-order valence-corrected chi connectivity index (χ2v) is 7.59. The largest absolute Gasteiger partial charge is 0.463 e. The van der Waals surface area contributed by atoms with Gasteiger partial charge in [0.15, 0.2) is 5.76 Å². The maximum absolute atomic E-state index is 14.5. The summed E-state index contributed by atoms with van der Waals surface area (Å²) in [7, 11) is 0. The smallest absolute Gasteiger partial charge is 0.306 e. The predicted octanol–water partition coefficient (Wildman–Crippen LogP) is 4.40. The summed E-state index contributed by atoms with van der Waals surface area (Å²) in [4.78, 5) is 32.5. The average Bonchev–Trinajstić information content (AvgIpc) is 3.39. The number of nitrogens with zero attached hydrogens (tertiary/aromatic N) is 3. The number of ether oxygens (including phenoxy) is 1. The number of anilines is 1. The second-order valence-electron chi connectivity index (χ2n) is 7.59. The van der Waals surface area contributed by atoms with E-state index in [-0.39, 0.29) is 35.5 Å². The maximum atomic E-state index is 14.5. The molecule has 33 heavy (non-hydrogen) atoms. The van der Waals surface area contributed by atoms with Crippen LogP contribution < -0.4 is 5.32 Å². The summed E-state index contributed by atoms with van der Waals surface area (Å²) in [6.07, 6.45) is 5.43. The number of hydrogen-bond donors (Lipinski definition) is 1. The van der Waals surface area contributed by atoms with E-state index < -0.39 is 17.7 Å². The molecule has 1 amide bonds. The molecule has 0 radical (unpaired) electrons. The van der Waals surface area contributed by atoms with Crippen LogP contribution in [0.4, 0.5) is 14.5 Å². The van der Waals surface area contributed by atoms with Gasteiger partial charge in [0, 0.05) is 42.3 Å². The lowest BCUT2D eigenvalue weighted by molar-refractivity contribution is -0.147. The van der Waals surface area contributed by atoms with Crippen molar-refractivity contribution < 1.29 is 27.5 Å². The van der Waals surface area contributed by atoms with Crippen LogP contribution in [0.5, 0.6) is 0 Å². The molecule has 0 fully saturated rings.